The van der Waals surface area contributed by atoms with Crippen molar-refractivity contribution in [2.75, 3.05) is 0 Å². The van der Waals surface area contributed by atoms with Gasteiger partial charge in [0.1, 0.15) is 31.1 Å². The van der Waals surface area contributed by atoms with Crippen LogP contribution in [0.5, 0.6) is 0 Å². The Hall–Kier alpha value is 0.259. The summed E-state index contributed by atoms with van der Waals surface area (Å²) in [5.74, 6) is 0. The zero-order chi connectivity index (χ0) is 13.6. The third kappa shape index (κ3) is 12.5. The van der Waals surface area contributed by atoms with Gasteiger partial charge in [0, 0.05) is 0 Å². The van der Waals surface area contributed by atoms with Crippen molar-refractivity contribution in [3.05, 3.63) is 0 Å². The molecule has 1 radical (unpaired) electrons. The van der Waals surface area contributed by atoms with Crippen LogP contribution in [-0.4, -0.2) is 47.0 Å². The maximum absolute atomic E-state index is 9.76. The van der Waals surface area contributed by atoms with Gasteiger partial charge in [-0.05, 0) is 12.8 Å². The van der Waals surface area contributed by atoms with Gasteiger partial charge in [-0.2, -0.15) is 0 Å². The molecule has 0 aromatic heterocycles. The molecule has 0 bridgehead atoms. The van der Waals surface area contributed by atoms with Gasteiger partial charge in [-0.15, -0.1) is 0 Å². The Kier molecular flexibility index (Phi) is 12.2. The maximum atomic E-state index is 9.76. The average Bonchev–Trinajstić information content (AvgIpc) is 2.13. The van der Waals surface area contributed by atoms with E-state index >= 15 is 0 Å². The van der Waals surface area contributed by atoms with Crippen LogP contribution < -0.4 is 0 Å². The van der Waals surface area contributed by atoms with Gasteiger partial charge in [0.2, 0.25) is 0 Å². The summed E-state index contributed by atoms with van der Waals surface area (Å²) < 4.78 is 58.5. The van der Waals surface area contributed by atoms with E-state index in [0.29, 0.717) is 0 Å². The smallest absolute Gasteiger partial charge is 0.746 e. The first-order valence-corrected chi connectivity index (χ1v) is 7.16. The predicted molar refractivity (Wildman–Crippen MR) is 52.0 cm³/mol. The Morgan fingerprint density at radius 1 is 0.882 bits per heavy atom. The Morgan fingerprint density at radius 2 is 1.06 bits per heavy atom. The molecule has 0 amide bonds. The number of aliphatic hydroxyl groups excluding tert-OH is 2. The van der Waals surface area contributed by atoms with Crippen LogP contribution in [0.4, 0.5) is 0 Å². The number of aliphatic hydroxyl groups is 2. The molecule has 0 fully saturated rings. The topological polar surface area (TPSA) is 155 Å². The standard InChI is InChI=1S/2C3H8O4S.Cu/c2*1-2-3(4)8(5,6)7;/h2*3-4H,2H2,1H3,(H,5,6,7);/q;;+2/p-2. The van der Waals surface area contributed by atoms with Gasteiger partial charge in [-0.3, -0.25) is 0 Å². The molecule has 109 valence electrons. The summed E-state index contributed by atoms with van der Waals surface area (Å²) in [6.07, 6.45) is -0.0995. The van der Waals surface area contributed by atoms with Crippen LogP contribution >= 0.6 is 0 Å². The van der Waals surface area contributed by atoms with Gasteiger partial charge in [0.25, 0.3) is 0 Å². The van der Waals surface area contributed by atoms with Crippen LogP contribution in [0, 0.1) is 0 Å². The molecule has 8 nitrogen and oxygen atoms in total. The number of rotatable bonds is 4. The van der Waals surface area contributed by atoms with Gasteiger partial charge >= 0.3 is 17.1 Å². The summed E-state index contributed by atoms with van der Waals surface area (Å²) in [5.41, 5.74) is -3.47. The molecule has 0 saturated heterocycles. The molecule has 2 atom stereocenters. The van der Waals surface area contributed by atoms with Crippen molar-refractivity contribution in [2.45, 2.75) is 37.6 Å². The maximum Gasteiger partial charge on any atom is 2.00 e. The van der Waals surface area contributed by atoms with Gasteiger partial charge in [-0.1, -0.05) is 13.8 Å². The van der Waals surface area contributed by atoms with Crippen molar-refractivity contribution in [1.29, 1.82) is 0 Å². The van der Waals surface area contributed by atoms with Crippen molar-refractivity contribution in [3.8, 4) is 0 Å². The largest absolute Gasteiger partial charge is 2.00 e. The minimum Gasteiger partial charge on any atom is -0.746 e. The second-order valence-electron chi connectivity index (χ2n) is 2.71. The molecule has 0 spiro atoms. The number of hydrogen-bond acceptors (Lipinski definition) is 8. The van der Waals surface area contributed by atoms with E-state index in [2.05, 4.69) is 0 Å². The molecule has 0 aliphatic heterocycles. The van der Waals surface area contributed by atoms with E-state index in [1.807, 2.05) is 0 Å². The Bertz CT molecular complexity index is 337. The third-order valence-corrected chi connectivity index (χ3v) is 3.36. The first-order valence-electron chi connectivity index (χ1n) is 4.22. The molecule has 0 aliphatic carbocycles. The minimum absolute atomic E-state index is 0. The Balaban J connectivity index is -0.000000218. The fourth-order valence-electron chi connectivity index (χ4n) is 0.408. The van der Waals surface area contributed by atoms with Crippen molar-refractivity contribution >= 4 is 20.2 Å². The molecule has 0 saturated carbocycles. The third-order valence-electron chi connectivity index (χ3n) is 1.36. The van der Waals surface area contributed by atoms with E-state index in [1.165, 1.54) is 13.8 Å². The van der Waals surface area contributed by atoms with Crippen LogP contribution in [0.25, 0.3) is 0 Å². The second kappa shape index (κ2) is 9.22. The van der Waals surface area contributed by atoms with Crippen LogP contribution in [0.1, 0.15) is 26.7 Å². The molecular weight excluding hydrogens is 328 g/mol. The summed E-state index contributed by atoms with van der Waals surface area (Å²) in [6, 6.07) is 0. The molecule has 0 aromatic carbocycles. The van der Waals surface area contributed by atoms with Crippen molar-refractivity contribution in [2.24, 2.45) is 0 Å². The molecule has 0 aliphatic rings. The van der Waals surface area contributed by atoms with Crippen LogP contribution in [0.2, 0.25) is 0 Å². The molecule has 17 heavy (non-hydrogen) atoms. The van der Waals surface area contributed by atoms with E-state index in [9.17, 15) is 25.9 Å². The first kappa shape index (κ1) is 22.4. The van der Waals surface area contributed by atoms with E-state index in [1.54, 1.807) is 0 Å². The fourth-order valence-corrected chi connectivity index (χ4v) is 1.22. The molecule has 11 heteroatoms. The average molecular weight is 342 g/mol. The van der Waals surface area contributed by atoms with Crippen LogP contribution in [-0.2, 0) is 37.3 Å². The van der Waals surface area contributed by atoms with Gasteiger partial charge in [-0.25, -0.2) is 16.8 Å². The summed E-state index contributed by atoms with van der Waals surface area (Å²) in [4.78, 5) is 0. The SMILES string of the molecule is CCC(O)S(=O)(=O)[O-].CCC(O)S(=O)(=O)[O-].[Cu+2]. The predicted octanol–water partition coefficient (Wildman–Crippen LogP) is -1.48. The van der Waals surface area contributed by atoms with Crippen molar-refractivity contribution < 1.29 is 53.2 Å². The van der Waals surface area contributed by atoms with Gasteiger partial charge in [0.15, 0.2) is 0 Å². The fraction of sp³-hybridized carbons (Fsp3) is 1.00. The van der Waals surface area contributed by atoms with E-state index < -0.39 is 31.1 Å². The minimum atomic E-state index is -4.45. The normalized spacial score (nSPS) is 14.9. The summed E-state index contributed by atoms with van der Waals surface area (Å²) in [5, 5.41) is 16.6. The number of hydrogen-bond donors (Lipinski definition) is 2. The zero-order valence-electron chi connectivity index (χ0n) is 9.03. The van der Waals surface area contributed by atoms with E-state index in [4.69, 9.17) is 10.2 Å². The van der Waals surface area contributed by atoms with E-state index in [0.717, 1.165) is 0 Å². The van der Waals surface area contributed by atoms with Gasteiger partial charge < -0.3 is 19.3 Å². The zero-order valence-corrected chi connectivity index (χ0v) is 11.6. The molecule has 2 N–H and O–H groups in total. The summed E-state index contributed by atoms with van der Waals surface area (Å²) in [7, 11) is -8.89. The summed E-state index contributed by atoms with van der Waals surface area (Å²) in [6.45, 7) is 2.83. The first-order chi connectivity index (χ1) is 6.96. The Morgan fingerprint density at radius 3 is 1.06 bits per heavy atom. The molecular formula is C6H14CuO8S2. The van der Waals surface area contributed by atoms with Gasteiger partial charge in [0.05, 0.1) is 0 Å². The Labute approximate surface area is 111 Å². The van der Waals surface area contributed by atoms with Crippen molar-refractivity contribution in [3.63, 3.8) is 0 Å². The van der Waals surface area contributed by atoms with Crippen LogP contribution in [0.3, 0.4) is 0 Å². The molecule has 0 aromatic rings. The second-order valence-corrected chi connectivity index (χ2v) is 5.77. The van der Waals surface area contributed by atoms with E-state index in [-0.39, 0.29) is 29.9 Å². The molecule has 2 unspecified atom stereocenters. The summed E-state index contributed by atoms with van der Waals surface area (Å²) >= 11 is 0. The molecule has 0 rings (SSSR count). The molecule has 0 heterocycles. The monoisotopic (exact) mass is 341 g/mol. The van der Waals surface area contributed by atoms with Crippen molar-refractivity contribution in [1.82, 2.24) is 0 Å². The quantitative estimate of drug-likeness (QED) is 0.463. The van der Waals surface area contributed by atoms with Crippen LogP contribution in [0.15, 0.2) is 0 Å².